The molecule has 2 fully saturated rings. The van der Waals surface area contributed by atoms with Crippen LogP contribution in [-0.4, -0.2) is 35.0 Å². The minimum Gasteiger partial charge on any atom is -0.467 e. The van der Waals surface area contributed by atoms with Gasteiger partial charge in [-0.1, -0.05) is 19.3 Å². The number of furan rings is 1. The number of hydrogen-bond donors (Lipinski definition) is 1. The molecular weight excluding hydrogens is 364 g/mol. The van der Waals surface area contributed by atoms with Crippen LogP contribution in [0.3, 0.4) is 0 Å². The minimum absolute atomic E-state index is 0.0473. The lowest BCUT2D eigenvalue weighted by Gasteiger charge is -2.41. The van der Waals surface area contributed by atoms with Crippen LogP contribution >= 0.6 is 0 Å². The second kappa shape index (κ2) is 8.46. The Morgan fingerprint density at radius 2 is 2.07 bits per heavy atom. The molecule has 0 bridgehead atoms. The molecule has 0 radical (unpaired) electrons. The molecule has 1 saturated carbocycles. The number of nitriles is 1. The van der Waals surface area contributed by atoms with E-state index in [9.17, 15) is 10.1 Å². The number of aromatic nitrogens is 1. The number of carbonyl (C=O) groups is 1. The van der Waals surface area contributed by atoms with Crippen molar-refractivity contribution in [2.24, 2.45) is 11.8 Å². The van der Waals surface area contributed by atoms with Crippen molar-refractivity contribution in [2.75, 3.05) is 25.0 Å². The van der Waals surface area contributed by atoms with Gasteiger partial charge in [0.25, 0.3) is 0 Å². The normalized spacial score (nSPS) is 22.1. The van der Waals surface area contributed by atoms with E-state index in [0.29, 0.717) is 24.5 Å². The van der Waals surface area contributed by atoms with Crippen molar-refractivity contribution in [3.05, 3.63) is 41.0 Å². The van der Waals surface area contributed by atoms with Gasteiger partial charge in [0.2, 0.25) is 5.91 Å². The molecule has 0 aromatic carbocycles. The molecule has 2 unspecified atom stereocenters. The third-order valence-electron chi connectivity index (χ3n) is 6.84. The van der Waals surface area contributed by atoms with Gasteiger partial charge in [0.05, 0.1) is 24.9 Å². The molecule has 0 spiro atoms. The molecule has 6 nitrogen and oxygen atoms in total. The topological polar surface area (TPSA) is 74.2 Å². The second-order valence-corrected chi connectivity index (χ2v) is 8.59. The number of carbonyl (C=O) groups excluding carboxylic acids is 1. The van der Waals surface area contributed by atoms with Crippen LogP contribution in [0.2, 0.25) is 0 Å². The van der Waals surface area contributed by atoms with Crippen LogP contribution in [0.4, 0.5) is 5.82 Å². The largest absolute Gasteiger partial charge is 0.467 e. The summed E-state index contributed by atoms with van der Waals surface area (Å²) >= 11 is 0. The Kier molecular flexibility index (Phi) is 5.77. The molecule has 1 aliphatic carbocycles. The summed E-state index contributed by atoms with van der Waals surface area (Å²) in [4.78, 5) is 15.2. The van der Waals surface area contributed by atoms with E-state index in [1.165, 1.54) is 32.1 Å². The molecule has 1 amide bonds. The zero-order valence-electron chi connectivity index (χ0n) is 17.4. The van der Waals surface area contributed by atoms with Crippen molar-refractivity contribution in [1.29, 1.82) is 5.26 Å². The molecule has 1 aliphatic heterocycles. The predicted octanol–water partition coefficient (Wildman–Crippen LogP) is 4.07. The van der Waals surface area contributed by atoms with Gasteiger partial charge in [-0.05, 0) is 62.8 Å². The fraction of sp³-hybridized carbons (Fsp3) is 0.565. The fourth-order valence-electron chi connectivity index (χ4n) is 5.08. The zero-order valence-corrected chi connectivity index (χ0v) is 17.4. The Morgan fingerprint density at radius 1 is 1.28 bits per heavy atom. The standard InChI is InChI=1S/C23H30N4O2/c1-16-17(2)27(14-20-8-5-11-29-20)23(21(16)12-24)25-22(28)15-26-10-9-18-6-3-4-7-19(18)13-26/h5,8,11,18-19H,3-4,6-7,9-10,13-15H2,1-2H3,(H,25,28). The lowest BCUT2D eigenvalue weighted by molar-refractivity contribution is -0.118. The summed E-state index contributed by atoms with van der Waals surface area (Å²) in [7, 11) is 0. The number of hydrogen-bond acceptors (Lipinski definition) is 4. The number of likely N-dealkylation sites (tertiary alicyclic amines) is 1. The highest BCUT2D eigenvalue weighted by molar-refractivity contribution is 5.93. The molecule has 2 aromatic heterocycles. The van der Waals surface area contributed by atoms with E-state index >= 15 is 0 Å². The first kappa shape index (κ1) is 19.8. The summed E-state index contributed by atoms with van der Waals surface area (Å²) in [6, 6.07) is 6.02. The third kappa shape index (κ3) is 4.11. The average Bonchev–Trinajstić information content (AvgIpc) is 3.31. The molecule has 2 atom stereocenters. The van der Waals surface area contributed by atoms with E-state index in [4.69, 9.17) is 4.42 Å². The SMILES string of the molecule is Cc1c(C#N)c(NC(=O)CN2CCC3CCCCC3C2)n(Cc2ccco2)c1C. The van der Waals surface area contributed by atoms with Gasteiger partial charge < -0.3 is 14.3 Å². The Bertz CT molecular complexity index is 906. The summed E-state index contributed by atoms with van der Waals surface area (Å²) in [5.74, 6) is 2.92. The Labute approximate surface area is 172 Å². The van der Waals surface area contributed by atoms with Gasteiger partial charge in [-0.25, -0.2) is 0 Å². The maximum absolute atomic E-state index is 12.9. The predicted molar refractivity (Wildman–Crippen MR) is 112 cm³/mol. The molecule has 2 aliphatic rings. The van der Waals surface area contributed by atoms with Gasteiger partial charge in [0.1, 0.15) is 17.6 Å². The highest BCUT2D eigenvalue weighted by Crippen LogP contribution is 2.36. The molecule has 2 aromatic rings. The first-order chi connectivity index (χ1) is 14.1. The Hall–Kier alpha value is -2.52. The monoisotopic (exact) mass is 394 g/mol. The van der Waals surface area contributed by atoms with Crippen LogP contribution in [0.25, 0.3) is 0 Å². The Balaban J connectivity index is 1.47. The van der Waals surface area contributed by atoms with Gasteiger partial charge in [-0.3, -0.25) is 9.69 Å². The highest BCUT2D eigenvalue weighted by Gasteiger charge is 2.32. The van der Waals surface area contributed by atoms with Crippen LogP contribution in [0, 0.1) is 37.0 Å². The average molecular weight is 395 g/mol. The van der Waals surface area contributed by atoms with Gasteiger partial charge in [-0.15, -0.1) is 0 Å². The van der Waals surface area contributed by atoms with E-state index in [1.54, 1.807) is 6.26 Å². The summed E-state index contributed by atoms with van der Waals surface area (Å²) in [6.45, 7) is 6.79. The number of fused-ring (bicyclic) bond motifs is 1. The molecule has 29 heavy (non-hydrogen) atoms. The van der Waals surface area contributed by atoms with Crippen LogP contribution < -0.4 is 5.32 Å². The summed E-state index contributed by atoms with van der Waals surface area (Å²) < 4.78 is 7.45. The molecule has 1 saturated heterocycles. The number of rotatable bonds is 5. The highest BCUT2D eigenvalue weighted by atomic mass is 16.3. The number of nitrogens with zero attached hydrogens (tertiary/aromatic N) is 3. The number of amides is 1. The summed E-state index contributed by atoms with van der Waals surface area (Å²) in [6.07, 6.45) is 8.18. The van der Waals surface area contributed by atoms with E-state index < -0.39 is 0 Å². The lowest BCUT2D eigenvalue weighted by Crippen LogP contribution is -2.45. The van der Waals surface area contributed by atoms with Gasteiger partial charge >= 0.3 is 0 Å². The van der Waals surface area contributed by atoms with Gasteiger partial charge in [-0.2, -0.15) is 5.26 Å². The molecule has 154 valence electrons. The first-order valence-corrected chi connectivity index (χ1v) is 10.7. The molecular formula is C23H30N4O2. The molecule has 1 N–H and O–H groups in total. The van der Waals surface area contributed by atoms with Crippen molar-refractivity contribution in [2.45, 2.75) is 52.5 Å². The molecule has 6 heteroatoms. The quantitative estimate of drug-likeness (QED) is 0.830. The van der Waals surface area contributed by atoms with Crippen molar-refractivity contribution in [3.63, 3.8) is 0 Å². The van der Waals surface area contributed by atoms with Gasteiger partial charge in [0, 0.05) is 12.2 Å². The van der Waals surface area contributed by atoms with Crippen LogP contribution in [0.5, 0.6) is 0 Å². The van der Waals surface area contributed by atoms with E-state index in [2.05, 4.69) is 16.3 Å². The van der Waals surface area contributed by atoms with Crippen molar-refractivity contribution < 1.29 is 9.21 Å². The second-order valence-electron chi connectivity index (χ2n) is 8.59. The smallest absolute Gasteiger partial charge is 0.239 e. The van der Waals surface area contributed by atoms with Crippen LogP contribution in [0.15, 0.2) is 22.8 Å². The number of nitrogens with one attached hydrogen (secondary N) is 1. The van der Waals surface area contributed by atoms with Crippen molar-refractivity contribution in [1.82, 2.24) is 9.47 Å². The fourth-order valence-corrected chi connectivity index (χ4v) is 5.08. The van der Waals surface area contributed by atoms with Crippen molar-refractivity contribution in [3.8, 4) is 6.07 Å². The zero-order chi connectivity index (χ0) is 20.4. The summed E-state index contributed by atoms with van der Waals surface area (Å²) in [5.41, 5.74) is 2.40. The molecule has 3 heterocycles. The third-order valence-corrected chi connectivity index (χ3v) is 6.84. The van der Waals surface area contributed by atoms with Crippen molar-refractivity contribution >= 4 is 11.7 Å². The van der Waals surface area contributed by atoms with E-state index in [-0.39, 0.29) is 5.91 Å². The molecule has 4 rings (SSSR count). The number of anilines is 1. The Morgan fingerprint density at radius 3 is 2.79 bits per heavy atom. The maximum Gasteiger partial charge on any atom is 0.239 e. The van der Waals surface area contributed by atoms with E-state index in [1.807, 2.05) is 30.5 Å². The first-order valence-electron chi connectivity index (χ1n) is 10.7. The lowest BCUT2D eigenvalue weighted by atomic mass is 9.75. The summed E-state index contributed by atoms with van der Waals surface area (Å²) in [5, 5.41) is 12.7. The van der Waals surface area contributed by atoms with Crippen LogP contribution in [0.1, 0.15) is 54.7 Å². The van der Waals surface area contributed by atoms with Crippen LogP contribution in [-0.2, 0) is 11.3 Å². The number of piperidine rings is 1. The maximum atomic E-state index is 12.9. The minimum atomic E-state index is -0.0473. The van der Waals surface area contributed by atoms with E-state index in [0.717, 1.165) is 41.9 Å². The van der Waals surface area contributed by atoms with Gasteiger partial charge in [0.15, 0.2) is 0 Å².